The van der Waals surface area contributed by atoms with Crippen LogP contribution in [0.5, 0.6) is 5.75 Å². The molecule has 1 aromatic heterocycles. The lowest BCUT2D eigenvalue weighted by Gasteiger charge is -2.03. The molecule has 7 nitrogen and oxygen atoms in total. The minimum Gasteiger partial charge on any atom is -0.496 e. The van der Waals surface area contributed by atoms with E-state index in [0.29, 0.717) is 0 Å². The Hall–Kier alpha value is -2.74. The number of hydrogen-bond donors (Lipinski definition) is 1. The monoisotopic (exact) mass is 387 g/mol. The van der Waals surface area contributed by atoms with Crippen molar-refractivity contribution in [3.8, 4) is 5.75 Å². The number of halogens is 1. The first-order valence-corrected chi connectivity index (χ1v) is 7.90. The van der Waals surface area contributed by atoms with Gasteiger partial charge in [-0.3, -0.25) is 4.79 Å². The number of ether oxygens (including phenoxy) is 1. The second-order valence-corrected chi connectivity index (χ2v) is 5.78. The van der Waals surface area contributed by atoms with E-state index in [1.54, 1.807) is 13.3 Å². The second-order valence-electron chi connectivity index (χ2n) is 4.92. The summed E-state index contributed by atoms with van der Waals surface area (Å²) in [6.45, 7) is 0.0458. The zero-order chi connectivity index (χ0) is 16.9. The van der Waals surface area contributed by atoms with Crippen LogP contribution in [0.3, 0.4) is 0 Å². The topological polar surface area (TPSA) is 81.4 Å². The van der Waals surface area contributed by atoms with Gasteiger partial charge in [0.15, 0.2) is 0 Å². The van der Waals surface area contributed by atoms with Crippen LogP contribution < -0.4 is 10.2 Å². The molecule has 2 aromatic carbocycles. The van der Waals surface area contributed by atoms with Crippen LogP contribution >= 0.6 is 15.9 Å². The second kappa shape index (κ2) is 7.22. The molecule has 0 saturated carbocycles. The molecule has 3 aromatic rings. The van der Waals surface area contributed by atoms with Crippen LogP contribution in [0.2, 0.25) is 0 Å². The van der Waals surface area contributed by atoms with E-state index < -0.39 is 0 Å². The molecule has 0 radical (unpaired) electrons. The van der Waals surface area contributed by atoms with Gasteiger partial charge in [-0.05, 0) is 51.8 Å². The zero-order valence-corrected chi connectivity index (χ0v) is 14.4. The Morgan fingerprint density at radius 1 is 1.38 bits per heavy atom. The molecule has 1 N–H and O–H groups in total. The van der Waals surface area contributed by atoms with Gasteiger partial charge in [0.05, 0.1) is 23.3 Å². The molecule has 0 atom stereocenters. The number of nitrogens with zero attached hydrogens (tertiary/aromatic N) is 4. The number of carbonyl (C=O) groups excluding carboxylic acids is 1. The molecule has 24 heavy (non-hydrogen) atoms. The highest BCUT2D eigenvalue weighted by Crippen LogP contribution is 2.24. The predicted octanol–water partition coefficient (Wildman–Crippen LogP) is 2.35. The van der Waals surface area contributed by atoms with E-state index in [4.69, 9.17) is 4.74 Å². The summed E-state index contributed by atoms with van der Waals surface area (Å²) in [5, 5.41) is 11.9. The van der Waals surface area contributed by atoms with Crippen molar-refractivity contribution in [2.75, 3.05) is 7.11 Å². The Bertz CT molecular complexity index is 906. The molecule has 0 fully saturated rings. The largest absolute Gasteiger partial charge is 0.496 e. The van der Waals surface area contributed by atoms with Gasteiger partial charge in [-0.25, -0.2) is 10.1 Å². The molecule has 0 aliphatic heterocycles. The van der Waals surface area contributed by atoms with E-state index in [-0.39, 0.29) is 12.5 Å². The number of nitrogens with one attached hydrogen (secondary N) is 1. The average Bonchev–Trinajstić information content (AvgIpc) is 2.98. The van der Waals surface area contributed by atoms with E-state index in [9.17, 15) is 4.79 Å². The van der Waals surface area contributed by atoms with Gasteiger partial charge in [-0.1, -0.05) is 17.3 Å². The number of benzene rings is 2. The van der Waals surface area contributed by atoms with Crippen molar-refractivity contribution in [2.24, 2.45) is 5.10 Å². The minimum atomic E-state index is -0.283. The van der Waals surface area contributed by atoms with Gasteiger partial charge in [0.25, 0.3) is 5.91 Å². The molecule has 0 unspecified atom stereocenters. The highest BCUT2D eigenvalue weighted by Gasteiger charge is 2.07. The van der Waals surface area contributed by atoms with Gasteiger partial charge in [0.1, 0.15) is 17.8 Å². The molecule has 1 amide bonds. The fourth-order valence-electron chi connectivity index (χ4n) is 2.15. The third kappa shape index (κ3) is 3.60. The molecular weight excluding hydrogens is 374 g/mol. The van der Waals surface area contributed by atoms with Crippen molar-refractivity contribution >= 4 is 39.1 Å². The maximum atomic E-state index is 12.0. The smallest absolute Gasteiger partial charge is 0.261 e. The van der Waals surface area contributed by atoms with E-state index >= 15 is 0 Å². The lowest BCUT2D eigenvalue weighted by atomic mass is 10.2. The summed E-state index contributed by atoms with van der Waals surface area (Å²) in [7, 11) is 1.60. The Morgan fingerprint density at radius 3 is 3.00 bits per heavy atom. The van der Waals surface area contributed by atoms with Gasteiger partial charge in [-0.2, -0.15) is 5.10 Å². The summed E-state index contributed by atoms with van der Waals surface area (Å²) in [5.41, 5.74) is 4.85. The molecule has 122 valence electrons. The summed E-state index contributed by atoms with van der Waals surface area (Å²) in [5.74, 6) is 0.448. The van der Waals surface area contributed by atoms with Crippen molar-refractivity contribution < 1.29 is 9.53 Å². The van der Waals surface area contributed by atoms with Crippen LogP contribution in [0.1, 0.15) is 5.56 Å². The zero-order valence-electron chi connectivity index (χ0n) is 12.8. The number of hydrazone groups is 1. The molecule has 0 aliphatic rings. The Kier molecular flexibility index (Phi) is 4.85. The number of para-hydroxylation sites is 1. The minimum absolute atomic E-state index is 0.0458. The molecule has 1 heterocycles. The quantitative estimate of drug-likeness (QED) is 0.538. The maximum absolute atomic E-state index is 12.0. The normalized spacial score (nSPS) is 11.1. The van der Waals surface area contributed by atoms with Gasteiger partial charge in [0.2, 0.25) is 0 Å². The molecular formula is C16H14BrN5O2. The first kappa shape index (κ1) is 16.1. The first-order valence-electron chi connectivity index (χ1n) is 7.11. The summed E-state index contributed by atoms with van der Waals surface area (Å²) in [6.07, 6.45) is 1.56. The molecule has 3 rings (SSSR count). The van der Waals surface area contributed by atoms with E-state index in [2.05, 4.69) is 36.8 Å². The first-order chi connectivity index (χ1) is 11.7. The van der Waals surface area contributed by atoms with Gasteiger partial charge in [0, 0.05) is 0 Å². The lowest BCUT2D eigenvalue weighted by Crippen LogP contribution is -2.23. The number of carbonyl (C=O) groups is 1. The van der Waals surface area contributed by atoms with Gasteiger partial charge < -0.3 is 4.74 Å². The highest BCUT2D eigenvalue weighted by molar-refractivity contribution is 9.10. The standard InChI is InChI=1S/C16H14BrN5O2/c1-24-15-7-6-11(8-12(15)17)9-18-20-16(23)10-22-14-5-3-2-4-13(14)19-21-22/h2-9H,10H2,1H3,(H,20,23). The van der Waals surface area contributed by atoms with Crippen molar-refractivity contribution in [3.63, 3.8) is 0 Å². The summed E-state index contributed by atoms with van der Waals surface area (Å²) >= 11 is 3.40. The molecule has 0 saturated heterocycles. The summed E-state index contributed by atoms with van der Waals surface area (Å²) in [4.78, 5) is 12.0. The Morgan fingerprint density at radius 2 is 2.21 bits per heavy atom. The van der Waals surface area contributed by atoms with E-state index in [1.807, 2.05) is 42.5 Å². The SMILES string of the molecule is COc1ccc(C=NNC(=O)Cn2nnc3ccccc32)cc1Br. The summed E-state index contributed by atoms with van der Waals surface area (Å²) < 4.78 is 7.51. The van der Waals surface area contributed by atoms with Crippen LogP contribution in [-0.2, 0) is 11.3 Å². The number of fused-ring (bicyclic) bond motifs is 1. The predicted molar refractivity (Wildman–Crippen MR) is 94.0 cm³/mol. The van der Waals surface area contributed by atoms with Crippen molar-refractivity contribution in [2.45, 2.75) is 6.54 Å². The Labute approximate surface area is 146 Å². The van der Waals surface area contributed by atoms with Crippen LogP contribution in [0.15, 0.2) is 52.0 Å². The molecule has 0 bridgehead atoms. The number of rotatable bonds is 5. The average molecular weight is 388 g/mol. The van der Waals surface area contributed by atoms with Gasteiger partial charge in [-0.15, -0.1) is 5.10 Å². The highest BCUT2D eigenvalue weighted by atomic mass is 79.9. The number of methoxy groups -OCH3 is 1. The van der Waals surface area contributed by atoms with Gasteiger partial charge >= 0.3 is 0 Å². The van der Waals surface area contributed by atoms with Crippen molar-refractivity contribution in [1.82, 2.24) is 20.4 Å². The van der Waals surface area contributed by atoms with Crippen LogP contribution in [0.4, 0.5) is 0 Å². The molecule has 0 spiro atoms. The van der Waals surface area contributed by atoms with E-state index in [1.165, 1.54) is 4.68 Å². The fraction of sp³-hybridized carbons (Fsp3) is 0.125. The molecule has 0 aliphatic carbocycles. The van der Waals surface area contributed by atoms with Crippen LogP contribution in [-0.4, -0.2) is 34.2 Å². The third-order valence-electron chi connectivity index (χ3n) is 3.29. The number of amides is 1. The van der Waals surface area contributed by atoms with Crippen molar-refractivity contribution in [3.05, 3.63) is 52.5 Å². The lowest BCUT2D eigenvalue weighted by molar-refractivity contribution is -0.121. The van der Waals surface area contributed by atoms with E-state index in [0.717, 1.165) is 26.8 Å². The Balaban J connectivity index is 1.62. The third-order valence-corrected chi connectivity index (χ3v) is 3.91. The number of hydrogen-bond acceptors (Lipinski definition) is 5. The fourth-order valence-corrected chi connectivity index (χ4v) is 2.71. The molecule has 8 heteroatoms. The summed E-state index contributed by atoms with van der Waals surface area (Å²) in [6, 6.07) is 13.0. The van der Waals surface area contributed by atoms with Crippen LogP contribution in [0.25, 0.3) is 11.0 Å². The maximum Gasteiger partial charge on any atom is 0.261 e. The van der Waals surface area contributed by atoms with Crippen molar-refractivity contribution in [1.29, 1.82) is 0 Å². The van der Waals surface area contributed by atoms with Crippen LogP contribution in [0, 0.1) is 0 Å². The number of aromatic nitrogens is 3.